The summed E-state index contributed by atoms with van der Waals surface area (Å²) in [6.07, 6.45) is 0. The van der Waals surface area contributed by atoms with E-state index in [4.69, 9.17) is 10.00 Å². The summed E-state index contributed by atoms with van der Waals surface area (Å²) >= 11 is 3.11. The van der Waals surface area contributed by atoms with Crippen molar-refractivity contribution < 1.29 is 9.84 Å². The third-order valence-corrected chi connectivity index (χ3v) is 2.05. The molecule has 4 heteroatoms. The lowest BCUT2D eigenvalue weighted by Gasteiger charge is -2.05. The van der Waals surface area contributed by atoms with Gasteiger partial charge in [-0.15, -0.1) is 0 Å². The molecule has 0 heterocycles. The first-order valence-corrected chi connectivity index (χ1v) is 3.95. The van der Waals surface area contributed by atoms with Crippen LogP contribution in [0.15, 0.2) is 16.6 Å². The summed E-state index contributed by atoms with van der Waals surface area (Å²) in [4.78, 5) is 0. The summed E-state index contributed by atoms with van der Waals surface area (Å²) in [5.41, 5.74) is 0.318. The van der Waals surface area contributed by atoms with Gasteiger partial charge in [0.05, 0.1) is 17.1 Å². The first-order valence-electron chi connectivity index (χ1n) is 3.16. The van der Waals surface area contributed by atoms with E-state index < -0.39 is 0 Å². The third-order valence-electron chi connectivity index (χ3n) is 1.41. The molecule has 0 aliphatic carbocycles. The van der Waals surface area contributed by atoms with Gasteiger partial charge in [0.25, 0.3) is 0 Å². The number of nitriles is 1. The smallest absolute Gasteiger partial charge is 0.179 e. The highest BCUT2D eigenvalue weighted by Gasteiger charge is 2.10. The molecule has 0 fully saturated rings. The molecule has 1 rings (SSSR count). The molecule has 0 atom stereocenters. The minimum absolute atomic E-state index is 0.0449. The van der Waals surface area contributed by atoms with Gasteiger partial charge in [0.1, 0.15) is 6.07 Å². The largest absolute Gasteiger partial charge is 0.503 e. The van der Waals surface area contributed by atoms with Gasteiger partial charge in [-0.1, -0.05) is 0 Å². The van der Waals surface area contributed by atoms with E-state index in [-0.39, 0.29) is 11.5 Å². The molecular formula is C8H6BrNO2. The van der Waals surface area contributed by atoms with Crippen molar-refractivity contribution in [2.45, 2.75) is 0 Å². The van der Waals surface area contributed by atoms with E-state index in [2.05, 4.69) is 15.9 Å². The zero-order valence-electron chi connectivity index (χ0n) is 6.34. The normalized spacial score (nSPS) is 9.08. The first kappa shape index (κ1) is 8.88. The predicted molar refractivity (Wildman–Crippen MR) is 47.1 cm³/mol. The van der Waals surface area contributed by atoms with Crippen LogP contribution in [-0.4, -0.2) is 12.2 Å². The lowest BCUT2D eigenvalue weighted by Crippen LogP contribution is -1.88. The Hall–Kier alpha value is -1.21. The molecule has 0 unspecified atom stereocenters. The summed E-state index contributed by atoms with van der Waals surface area (Å²) in [7, 11) is 1.41. The maximum absolute atomic E-state index is 9.39. The van der Waals surface area contributed by atoms with Gasteiger partial charge < -0.3 is 9.84 Å². The molecule has 62 valence electrons. The van der Waals surface area contributed by atoms with Crippen LogP contribution in [0.5, 0.6) is 11.5 Å². The van der Waals surface area contributed by atoms with Gasteiger partial charge in [-0.25, -0.2) is 0 Å². The monoisotopic (exact) mass is 227 g/mol. The van der Waals surface area contributed by atoms with Crippen LogP contribution < -0.4 is 4.74 Å². The van der Waals surface area contributed by atoms with E-state index in [0.29, 0.717) is 10.0 Å². The molecule has 0 saturated heterocycles. The summed E-state index contributed by atoms with van der Waals surface area (Å²) in [6.45, 7) is 0. The number of phenolic OH excluding ortho intramolecular Hbond substituents is 1. The Morgan fingerprint density at radius 1 is 1.58 bits per heavy atom. The van der Waals surface area contributed by atoms with Crippen molar-refractivity contribution in [2.24, 2.45) is 0 Å². The topological polar surface area (TPSA) is 53.2 Å². The summed E-state index contributed by atoms with van der Waals surface area (Å²) < 4.78 is 5.36. The molecule has 0 bridgehead atoms. The van der Waals surface area contributed by atoms with E-state index >= 15 is 0 Å². The first-order chi connectivity index (χ1) is 5.70. The Morgan fingerprint density at radius 3 is 2.75 bits per heavy atom. The second kappa shape index (κ2) is 3.46. The molecule has 0 saturated carbocycles. The number of benzene rings is 1. The van der Waals surface area contributed by atoms with Crippen LogP contribution in [0.1, 0.15) is 5.56 Å². The minimum atomic E-state index is -0.0449. The third kappa shape index (κ3) is 1.36. The number of methoxy groups -OCH3 is 1. The van der Waals surface area contributed by atoms with Crippen LogP contribution in [0.3, 0.4) is 0 Å². The highest BCUT2D eigenvalue weighted by Crippen LogP contribution is 2.36. The second-order valence-electron chi connectivity index (χ2n) is 2.09. The van der Waals surface area contributed by atoms with Crippen molar-refractivity contribution in [3.8, 4) is 17.6 Å². The maximum Gasteiger partial charge on any atom is 0.179 e. The number of rotatable bonds is 1. The Bertz CT molecular complexity index is 344. The summed E-state index contributed by atoms with van der Waals surface area (Å²) in [5, 5.41) is 18.0. The average Bonchev–Trinajstić information content (AvgIpc) is 2.09. The molecule has 12 heavy (non-hydrogen) atoms. The summed E-state index contributed by atoms with van der Waals surface area (Å²) in [6, 6.07) is 5.07. The van der Waals surface area contributed by atoms with Crippen molar-refractivity contribution >= 4 is 15.9 Å². The van der Waals surface area contributed by atoms with Crippen LogP contribution in [-0.2, 0) is 0 Å². The lowest BCUT2D eigenvalue weighted by molar-refractivity contribution is 0.371. The number of hydrogen-bond donors (Lipinski definition) is 1. The van der Waals surface area contributed by atoms with Crippen LogP contribution in [0.25, 0.3) is 0 Å². The van der Waals surface area contributed by atoms with E-state index in [1.807, 2.05) is 6.07 Å². The van der Waals surface area contributed by atoms with Crippen molar-refractivity contribution in [1.82, 2.24) is 0 Å². The number of hydrogen-bond acceptors (Lipinski definition) is 3. The van der Waals surface area contributed by atoms with Gasteiger partial charge in [-0.2, -0.15) is 5.26 Å². The van der Waals surface area contributed by atoms with Gasteiger partial charge in [0.15, 0.2) is 11.5 Å². The molecule has 0 aliphatic rings. The predicted octanol–water partition coefficient (Wildman–Crippen LogP) is 2.03. The molecule has 1 aromatic carbocycles. The van der Waals surface area contributed by atoms with E-state index in [9.17, 15) is 5.11 Å². The number of aromatic hydroxyl groups is 1. The Balaban J connectivity index is 3.38. The van der Waals surface area contributed by atoms with Crippen molar-refractivity contribution in [3.05, 3.63) is 22.2 Å². The molecule has 0 amide bonds. The fourth-order valence-electron chi connectivity index (χ4n) is 0.842. The Kier molecular flexibility index (Phi) is 2.56. The quantitative estimate of drug-likeness (QED) is 0.799. The van der Waals surface area contributed by atoms with Crippen LogP contribution in [0, 0.1) is 11.3 Å². The Morgan fingerprint density at radius 2 is 2.25 bits per heavy atom. The molecule has 0 aliphatic heterocycles. The number of halogens is 1. The Labute approximate surface area is 78.3 Å². The van der Waals surface area contributed by atoms with Crippen LogP contribution in [0.4, 0.5) is 0 Å². The average molecular weight is 228 g/mol. The van der Waals surface area contributed by atoms with Gasteiger partial charge in [-0.05, 0) is 28.1 Å². The zero-order valence-corrected chi connectivity index (χ0v) is 7.92. The van der Waals surface area contributed by atoms with Crippen molar-refractivity contribution in [2.75, 3.05) is 7.11 Å². The molecule has 0 spiro atoms. The molecule has 1 N–H and O–H groups in total. The number of phenols is 1. The fourth-order valence-corrected chi connectivity index (χ4v) is 1.15. The van der Waals surface area contributed by atoms with E-state index in [1.54, 1.807) is 12.1 Å². The van der Waals surface area contributed by atoms with Gasteiger partial charge in [0.2, 0.25) is 0 Å². The van der Waals surface area contributed by atoms with Gasteiger partial charge >= 0.3 is 0 Å². The van der Waals surface area contributed by atoms with Crippen molar-refractivity contribution in [3.63, 3.8) is 0 Å². The number of ether oxygens (including phenoxy) is 1. The van der Waals surface area contributed by atoms with E-state index in [1.165, 1.54) is 7.11 Å². The molecule has 3 nitrogen and oxygen atoms in total. The van der Waals surface area contributed by atoms with Gasteiger partial charge in [0, 0.05) is 0 Å². The summed E-state index contributed by atoms with van der Waals surface area (Å²) in [5.74, 6) is 0.156. The molecule has 0 radical (unpaired) electrons. The van der Waals surface area contributed by atoms with Crippen LogP contribution in [0.2, 0.25) is 0 Å². The second-order valence-corrected chi connectivity index (χ2v) is 2.94. The highest BCUT2D eigenvalue weighted by molar-refractivity contribution is 9.10. The lowest BCUT2D eigenvalue weighted by atomic mass is 10.2. The van der Waals surface area contributed by atoms with Gasteiger partial charge in [-0.3, -0.25) is 0 Å². The zero-order chi connectivity index (χ0) is 9.14. The molecule has 1 aromatic rings. The maximum atomic E-state index is 9.39. The van der Waals surface area contributed by atoms with Crippen LogP contribution >= 0.6 is 15.9 Å². The fraction of sp³-hybridized carbons (Fsp3) is 0.125. The standard InChI is InChI=1S/C8H6BrNO2/c1-12-8-5(4-10)2-3-6(9)7(8)11/h2-3,11H,1H3. The van der Waals surface area contributed by atoms with Crippen molar-refractivity contribution in [1.29, 1.82) is 5.26 Å². The molecule has 0 aromatic heterocycles. The number of nitrogens with zero attached hydrogens (tertiary/aromatic N) is 1. The molecular weight excluding hydrogens is 222 g/mol. The SMILES string of the molecule is COc1c(C#N)ccc(Br)c1O. The minimum Gasteiger partial charge on any atom is -0.503 e. The highest BCUT2D eigenvalue weighted by atomic mass is 79.9. The van der Waals surface area contributed by atoms with E-state index in [0.717, 1.165) is 0 Å².